The Hall–Kier alpha value is -0.740. The van der Waals surface area contributed by atoms with Crippen molar-refractivity contribution in [3.8, 4) is 11.5 Å². The van der Waals surface area contributed by atoms with Crippen molar-refractivity contribution in [3.63, 3.8) is 0 Å². The molecule has 118 valence electrons. The lowest BCUT2D eigenvalue weighted by molar-refractivity contribution is 0.129. The van der Waals surface area contributed by atoms with Crippen LogP contribution in [0.4, 0.5) is 0 Å². The van der Waals surface area contributed by atoms with E-state index in [0.29, 0.717) is 12.7 Å². The Balaban J connectivity index is 2.16. The fourth-order valence-corrected chi connectivity index (χ4v) is 3.40. The van der Waals surface area contributed by atoms with Crippen molar-refractivity contribution in [1.82, 2.24) is 5.32 Å². The molecule has 0 spiro atoms. The summed E-state index contributed by atoms with van der Waals surface area (Å²) < 4.78 is 13.0. The van der Waals surface area contributed by atoms with Gasteiger partial charge in [0.15, 0.2) is 11.5 Å². The van der Waals surface area contributed by atoms with E-state index in [4.69, 9.17) is 9.47 Å². The molecule has 1 saturated carbocycles. The number of rotatable bonds is 6. The van der Waals surface area contributed by atoms with Crippen molar-refractivity contribution >= 4 is 15.9 Å². The summed E-state index contributed by atoms with van der Waals surface area (Å²) in [6.45, 7) is 5.79. The maximum atomic E-state index is 6.26. The van der Waals surface area contributed by atoms with Crippen molar-refractivity contribution in [1.29, 1.82) is 0 Å². The highest BCUT2D eigenvalue weighted by Crippen LogP contribution is 2.39. The molecule has 21 heavy (non-hydrogen) atoms. The second kappa shape index (κ2) is 8.04. The van der Waals surface area contributed by atoms with Crippen LogP contribution in [0.5, 0.6) is 11.5 Å². The zero-order valence-electron chi connectivity index (χ0n) is 13.2. The molecular weight excluding hydrogens is 330 g/mol. The molecule has 0 aromatic heterocycles. The Bertz CT molecular complexity index is 456. The third kappa shape index (κ3) is 4.62. The van der Waals surface area contributed by atoms with Gasteiger partial charge in [0.05, 0.1) is 17.2 Å². The van der Waals surface area contributed by atoms with Gasteiger partial charge in [0.25, 0.3) is 0 Å². The maximum absolute atomic E-state index is 6.26. The maximum Gasteiger partial charge on any atom is 0.175 e. The quantitative estimate of drug-likeness (QED) is 0.813. The minimum absolute atomic E-state index is 0.312. The van der Waals surface area contributed by atoms with Crippen LogP contribution < -0.4 is 14.8 Å². The van der Waals surface area contributed by atoms with Crippen LogP contribution >= 0.6 is 15.9 Å². The van der Waals surface area contributed by atoms with E-state index in [9.17, 15) is 0 Å². The Morgan fingerprint density at radius 1 is 1.24 bits per heavy atom. The number of hydrogen-bond acceptors (Lipinski definition) is 3. The van der Waals surface area contributed by atoms with Crippen LogP contribution in [0.3, 0.4) is 0 Å². The molecule has 2 rings (SSSR count). The molecule has 0 heterocycles. The van der Waals surface area contributed by atoms with Crippen LogP contribution in [0.15, 0.2) is 16.6 Å². The number of hydrogen-bond donors (Lipinski definition) is 1. The van der Waals surface area contributed by atoms with Gasteiger partial charge in [0, 0.05) is 6.54 Å². The smallest absolute Gasteiger partial charge is 0.175 e. The monoisotopic (exact) mass is 355 g/mol. The highest BCUT2D eigenvalue weighted by atomic mass is 79.9. The van der Waals surface area contributed by atoms with Crippen molar-refractivity contribution in [2.45, 2.75) is 52.2 Å². The summed E-state index contributed by atoms with van der Waals surface area (Å²) in [5.74, 6) is 2.53. The fourth-order valence-electron chi connectivity index (χ4n) is 2.82. The van der Waals surface area contributed by atoms with Gasteiger partial charge in [-0.1, -0.05) is 6.92 Å². The average molecular weight is 356 g/mol. The topological polar surface area (TPSA) is 30.5 Å². The van der Waals surface area contributed by atoms with Gasteiger partial charge in [0.1, 0.15) is 0 Å². The van der Waals surface area contributed by atoms with E-state index in [1.54, 1.807) is 0 Å². The van der Waals surface area contributed by atoms with Crippen LogP contribution in [0.2, 0.25) is 0 Å². The molecule has 0 atom stereocenters. The summed E-state index contributed by atoms with van der Waals surface area (Å²) in [6.07, 6.45) is 5.09. The normalized spacial score (nSPS) is 22.1. The lowest BCUT2D eigenvalue weighted by Crippen LogP contribution is -2.23. The average Bonchev–Trinajstić information content (AvgIpc) is 2.45. The van der Waals surface area contributed by atoms with Gasteiger partial charge in [-0.05, 0) is 79.2 Å². The molecule has 1 aromatic rings. The number of halogens is 1. The van der Waals surface area contributed by atoms with E-state index in [-0.39, 0.29) is 0 Å². The number of ether oxygens (including phenoxy) is 2. The van der Waals surface area contributed by atoms with Crippen molar-refractivity contribution in [2.75, 3.05) is 13.7 Å². The van der Waals surface area contributed by atoms with Gasteiger partial charge in [-0.3, -0.25) is 0 Å². The first-order valence-corrected chi connectivity index (χ1v) is 8.69. The van der Waals surface area contributed by atoms with E-state index < -0.39 is 0 Å². The molecule has 1 fully saturated rings. The molecule has 4 heteroatoms. The molecule has 1 aromatic carbocycles. The lowest BCUT2D eigenvalue weighted by atomic mass is 9.89. The van der Waals surface area contributed by atoms with Gasteiger partial charge < -0.3 is 14.8 Å². The second-order valence-corrected chi connectivity index (χ2v) is 6.72. The van der Waals surface area contributed by atoms with E-state index >= 15 is 0 Å². The summed E-state index contributed by atoms with van der Waals surface area (Å²) in [6, 6.07) is 4.19. The van der Waals surface area contributed by atoms with Crippen molar-refractivity contribution < 1.29 is 9.47 Å². The highest BCUT2D eigenvalue weighted by molar-refractivity contribution is 9.10. The zero-order chi connectivity index (χ0) is 15.2. The summed E-state index contributed by atoms with van der Waals surface area (Å²) in [5, 5.41) is 3.17. The molecule has 1 N–H and O–H groups in total. The largest absolute Gasteiger partial charge is 0.490 e. The first-order valence-electron chi connectivity index (χ1n) is 7.90. The molecule has 0 saturated heterocycles. The molecule has 1 aliphatic rings. The number of benzene rings is 1. The fraction of sp³-hybridized carbons (Fsp3) is 0.647. The Labute approximate surface area is 136 Å². The predicted molar refractivity (Wildman–Crippen MR) is 90.1 cm³/mol. The van der Waals surface area contributed by atoms with Gasteiger partial charge in [-0.25, -0.2) is 0 Å². The molecule has 0 radical (unpaired) electrons. The summed E-state index contributed by atoms with van der Waals surface area (Å²) in [7, 11) is 1.95. The summed E-state index contributed by atoms with van der Waals surface area (Å²) in [5.41, 5.74) is 1.19. The van der Waals surface area contributed by atoms with Crippen molar-refractivity contribution in [2.24, 2.45) is 5.92 Å². The Morgan fingerprint density at radius 2 is 1.95 bits per heavy atom. The minimum atomic E-state index is 0.312. The predicted octanol–water partition coefficient (Wildman–Crippen LogP) is 4.52. The molecular formula is C17H26BrNO2. The first-order chi connectivity index (χ1) is 10.1. The third-order valence-electron chi connectivity index (χ3n) is 4.00. The molecule has 3 nitrogen and oxygen atoms in total. The number of nitrogens with one attached hydrogen (secondary N) is 1. The summed E-state index contributed by atoms with van der Waals surface area (Å²) in [4.78, 5) is 0. The van der Waals surface area contributed by atoms with Crippen LogP contribution in [0.1, 0.15) is 45.1 Å². The Morgan fingerprint density at radius 3 is 2.57 bits per heavy atom. The van der Waals surface area contributed by atoms with Crippen molar-refractivity contribution in [3.05, 3.63) is 22.2 Å². The van der Waals surface area contributed by atoms with E-state index in [2.05, 4.69) is 40.3 Å². The van der Waals surface area contributed by atoms with Gasteiger partial charge >= 0.3 is 0 Å². The SMILES string of the molecule is CCOc1cc(CNC)cc(Br)c1OC1CCC(C)CC1. The van der Waals surface area contributed by atoms with Gasteiger partial charge in [0.2, 0.25) is 0 Å². The third-order valence-corrected chi connectivity index (χ3v) is 4.59. The van der Waals surface area contributed by atoms with Crippen LogP contribution in [-0.4, -0.2) is 19.8 Å². The standard InChI is InChI=1S/C17H26BrNO2/c1-4-20-16-10-13(11-19-3)9-15(18)17(16)21-14-7-5-12(2)6-8-14/h9-10,12,14,19H,4-8,11H2,1-3H3. The zero-order valence-corrected chi connectivity index (χ0v) is 14.8. The molecule has 0 amide bonds. The second-order valence-electron chi connectivity index (χ2n) is 5.87. The molecule has 0 bridgehead atoms. The summed E-state index contributed by atoms with van der Waals surface area (Å²) >= 11 is 3.64. The Kier molecular flexibility index (Phi) is 6.37. The molecule has 0 unspecified atom stereocenters. The van der Waals surface area contributed by atoms with Crippen LogP contribution in [-0.2, 0) is 6.54 Å². The molecule has 0 aliphatic heterocycles. The van der Waals surface area contributed by atoms with Crippen LogP contribution in [0.25, 0.3) is 0 Å². The van der Waals surface area contributed by atoms with E-state index in [0.717, 1.165) is 41.3 Å². The highest BCUT2D eigenvalue weighted by Gasteiger charge is 2.22. The minimum Gasteiger partial charge on any atom is -0.490 e. The van der Waals surface area contributed by atoms with Gasteiger partial charge in [-0.15, -0.1) is 0 Å². The lowest BCUT2D eigenvalue weighted by Gasteiger charge is -2.28. The first kappa shape index (κ1) is 16.6. The van der Waals surface area contributed by atoms with Gasteiger partial charge in [-0.2, -0.15) is 0 Å². The van der Waals surface area contributed by atoms with Crippen LogP contribution in [0, 0.1) is 5.92 Å². The molecule has 1 aliphatic carbocycles. The van der Waals surface area contributed by atoms with E-state index in [1.165, 1.54) is 18.4 Å². The van der Waals surface area contributed by atoms with E-state index in [1.807, 2.05) is 14.0 Å².